The number of aryl methyl sites for hydroxylation is 1. The molecule has 1 fully saturated rings. The summed E-state index contributed by atoms with van der Waals surface area (Å²) >= 11 is 0. The summed E-state index contributed by atoms with van der Waals surface area (Å²) in [4.78, 5) is 28.9. The summed E-state index contributed by atoms with van der Waals surface area (Å²) in [6.07, 6.45) is 2.78. The summed E-state index contributed by atoms with van der Waals surface area (Å²) in [6.45, 7) is 5.06. The van der Waals surface area contributed by atoms with Crippen LogP contribution in [0.4, 0.5) is 0 Å². The minimum atomic E-state index is -0.0310. The maximum atomic E-state index is 12.6. The molecule has 2 aromatic carbocycles. The van der Waals surface area contributed by atoms with Crippen molar-refractivity contribution in [3.05, 3.63) is 60.2 Å². The Labute approximate surface area is 184 Å². The molecule has 0 saturated carbocycles. The molecule has 6 heteroatoms. The molecular formula is C25H32N2O4. The number of para-hydroxylation sites is 2. The van der Waals surface area contributed by atoms with Gasteiger partial charge in [0, 0.05) is 32.6 Å². The number of hydrogen-bond acceptors (Lipinski definition) is 4. The van der Waals surface area contributed by atoms with E-state index in [4.69, 9.17) is 9.47 Å². The first-order valence-corrected chi connectivity index (χ1v) is 11.1. The standard InChI is InChI=1S/C25H32N2O4/c1-2-21-10-6-7-13-23(21)31-20-25(29)27-16-9-15-26(17-18-27)24(28)14-8-19-30-22-11-4-3-5-12-22/h3-7,10-13H,2,8-9,14-20H2,1H3. The smallest absolute Gasteiger partial charge is 0.260 e. The monoisotopic (exact) mass is 424 g/mol. The van der Waals surface area contributed by atoms with Gasteiger partial charge in [0.15, 0.2) is 6.61 Å². The molecule has 2 aromatic rings. The molecule has 3 rings (SSSR count). The fraction of sp³-hybridized carbons (Fsp3) is 0.440. The van der Waals surface area contributed by atoms with E-state index in [-0.39, 0.29) is 18.4 Å². The lowest BCUT2D eigenvalue weighted by molar-refractivity contribution is -0.134. The first-order chi connectivity index (χ1) is 15.2. The fourth-order valence-electron chi connectivity index (χ4n) is 3.67. The van der Waals surface area contributed by atoms with Crippen LogP contribution in [0.25, 0.3) is 0 Å². The molecule has 0 atom stereocenters. The summed E-state index contributed by atoms with van der Waals surface area (Å²) in [6, 6.07) is 17.4. The third-order valence-electron chi connectivity index (χ3n) is 5.45. The van der Waals surface area contributed by atoms with Crippen molar-refractivity contribution < 1.29 is 19.1 Å². The van der Waals surface area contributed by atoms with Crippen molar-refractivity contribution in [1.82, 2.24) is 9.80 Å². The van der Waals surface area contributed by atoms with E-state index in [1.54, 1.807) is 4.90 Å². The molecule has 0 aromatic heterocycles. The Morgan fingerprint density at radius 3 is 2.26 bits per heavy atom. The second-order valence-electron chi connectivity index (χ2n) is 7.63. The zero-order valence-electron chi connectivity index (χ0n) is 18.3. The quantitative estimate of drug-likeness (QED) is 0.578. The van der Waals surface area contributed by atoms with E-state index < -0.39 is 0 Å². The van der Waals surface area contributed by atoms with E-state index in [0.29, 0.717) is 45.6 Å². The van der Waals surface area contributed by atoms with Crippen LogP contribution in [0.1, 0.15) is 31.7 Å². The van der Waals surface area contributed by atoms with Gasteiger partial charge >= 0.3 is 0 Å². The molecule has 0 bridgehead atoms. The largest absolute Gasteiger partial charge is 0.494 e. The van der Waals surface area contributed by atoms with Crippen LogP contribution in [-0.4, -0.2) is 61.0 Å². The Morgan fingerprint density at radius 1 is 0.839 bits per heavy atom. The van der Waals surface area contributed by atoms with Crippen molar-refractivity contribution in [3.63, 3.8) is 0 Å². The number of benzene rings is 2. The van der Waals surface area contributed by atoms with Crippen molar-refractivity contribution in [3.8, 4) is 11.5 Å². The highest BCUT2D eigenvalue weighted by atomic mass is 16.5. The summed E-state index contributed by atoms with van der Waals surface area (Å²) in [5.74, 6) is 1.68. The number of hydrogen-bond donors (Lipinski definition) is 0. The van der Waals surface area contributed by atoms with Crippen LogP contribution >= 0.6 is 0 Å². The van der Waals surface area contributed by atoms with E-state index in [2.05, 4.69) is 6.92 Å². The van der Waals surface area contributed by atoms with Gasteiger partial charge < -0.3 is 19.3 Å². The first kappa shape index (κ1) is 22.7. The van der Waals surface area contributed by atoms with Crippen LogP contribution in [-0.2, 0) is 16.0 Å². The molecule has 1 aliphatic rings. The van der Waals surface area contributed by atoms with E-state index in [1.807, 2.05) is 59.5 Å². The summed E-state index contributed by atoms with van der Waals surface area (Å²) in [7, 11) is 0. The zero-order valence-corrected chi connectivity index (χ0v) is 18.3. The Balaban J connectivity index is 1.38. The minimum absolute atomic E-state index is 0.0295. The third-order valence-corrected chi connectivity index (χ3v) is 5.45. The van der Waals surface area contributed by atoms with Gasteiger partial charge in [0.25, 0.3) is 5.91 Å². The topological polar surface area (TPSA) is 59.1 Å². The predicted octanol–water partition coefficient (Wildman–Crippen LogP) is 3.55. The third kappa shape index (κ3) is 7.02. The second kappa shape index (κ2) is 12.0. The van der Waals surface area contributed by atoms with Gasteiger partial charge in [-0.3, -0.25) is 9.59 Å². The van der Waals surface area contributed by atoms with Gasteiger partial charge in [0.1, 0.15) is 11.5 Å². The van der Waals surface area contributed by atoms with Gasteiger partial charge in [-0.15, -0.1) is 0 Å². The molecular weight excluding hydrogens is 392 g/mol. The lowest BCUT2D eigenvalue weighted by atomic mass is 10.1. The van der Waals surface area contributed by atoms with Crippen molar-refractivity contribution >= 4 is 11.8 Å². The molecule has 0 aliphatic carbocycles. The lowest BCUT2D eigenvalue weighted by Gasteiger charge is -2.22. The number of amides is 2. The molecule has 0 N–H and O–H groups in total. The predicted molar refractivity (Wildman–Crippen MR) is 120 cm³/mol. The van der Waals surface area contributed by atoms with Crippen LogP contribution in [0, 0.1) is 0 Å². The number of rotatable bonds is 9. The van der Waals surface area contributed by atoms with Gasteiger partial charge in [-0.05, 0) is 43.0 Å². The van der Waals surface area contributed by atoms with Crippen molar-refractivity contribution in [2.24, 2.45) is 0 Å². The molecule has 31 heavy (non-hydrogen) atoms. The molecule has 6 nitrogen and oxygen atoms in total. The molecule has 2 amide bonds. The van der Waals surface area contributed by atoms with Crippen LogP contribution in [0.2, 0.25) is 0 Å². The normalized spacial score (nSPS) is 14.1. The minimum Gasteiger partial charge on any atom is -0.494 e. The highest BCUT2D eigenvalue weighted by Gasteiger charge is 2.22. The Hall–Kier alpha value is -3.02. The SMILES string of the molecule is CCc1ccccc1OCC(=O)N1CCCN(C(=O)CCCOc2ccccc2)CC1. The second-order valence-corrected chi connectivity index (χ2v) is 7.63. The molecule has 0 unspecified atom stereocenters. The molecule has 1 aliphatic heterocycles. The highest BCUT2D eigenvalue weighted by molar-refractivity contribution is 5.78. The number of carbonyl (C=O) groups is 2. The van der Waals surface area contributed by atoms with Crippen molar-refractivity contribution in [2.45, 2.75) is 32.6 Å². The maximum Gasteiger partial charge on any atom is 0.260 e. The van der Waals surface area contributed by atoms with E-state index >= 15 is 0 Å². The first-order valence-electron chi connectivity index (χ1n) is 11.1. The number of carbonyl (C=O) groups excluding carboxylic acids is 2. The maximum absolute atomic E-state index is 12.6. The lowest BCUT2D eigenvalue weighted by Crippen LogP contribution is -2.39. The molecule has 1 saturated heterocycles. The van der Waals surface area contributed by atoms with E-state index in [0.717, 1.165) is 29.9 Å². The molecule has 1 heterocycles. The Kier molecular flexibility index (Phi) is 8.76. The Morgan fingerprint density at radius 2 is 1.52 bits per heavy atom. The van der Waals surface area contributed by atoms with Crippen LogP contribution in [0.5, 0.6) is 11.5 Å². The van der Waals surface area contributed by atoms with Gasteiger partial charge in [0.2, 0.25) is 5.91 Å². The van der Waals surface area contributed by atoms with Gasteiger partial charge in [0.05, 0.1) is 6.61 Å². The summed E-state index contributed by atoms with van der Waals surface area (Å²) in [5.41, 5.74) is 1.10. The summed E-state index contributed by atoms with van der Waals surface area (Å²) < 4.78 is 11.4. The Bertz CT molecular complexity index is 840. The average Bonchev–Trinajstić information content (AvgIpc) is 3.07. The van der Waals surface area contributed by atoms with E-state index in [9.17, 15) is 9.59 Å². The average molecular weight is 425 g/mol. The number of nitrogens with zero attached hydrogens (tertiary/aromatic N) is 2. The van der Waals surface area contributed by atoms with Crippen molar-refractivity contribution in [2.75, 3.05) is 39.4 Å². The molecule has 0 radical (unpaired) electrons. The molecule has 166 valence electrons. The van der Waals surface area contributed by atoms with Crippen LogP contribution < -0.4 is 9.47 Å². The zero-order chi connectivity index (χ0) is 21.9. The van der Waals surface area contributed by atoms with Gasteiger partial charge in [-0.2, -0.15) is 0 Å². The molecule has 0 spiro atoms. The van der Waals surface area contributed by atoms with Crippen LogP contribution in [0.15, 0.2) is 54.6 Å². The van der Waals surface area contributed by atoms with Crippen molar-refractivity contribution in [1.29, 1.82) is 0 Å². The van der Waals surface area contributed by atoms with Crippen LogP contribution in [0.3, 0.4) is 0 Å². The highest BCUT2D eigenvalue weighted by Crippen LogP contribution is 2.18. The van der Waals surface area contributed by atoms with Gasteiger partial charge in [-0.25, -0.2) is 0 Å². The fourth-order valence-corrected chi connectivity index (χ4v) is 3.67. The summed E-state index contributed by atoms with van der Waals surface area (Å²) in [5, 5.41) is 0. The van der Waals surface area contributed by atoms with E-state index in [1.165, 1.54) is 0 Å². The number of ether oxygens (including phenoxy) is 2. The van der Waals surface area contributed by atoms with Gasteiger partial charge in [-0.1, -0.05) is 43.3 Å².